The SMILES string of the molecule is CCS(=O)(=O)CCC(CN)(C(=O)OC)c1ccccc1C. The van der Waals surface area contributed by atoms with Crippen molar-refractivity contribution in [3.05, 3.63) is 35.4 Å². The van der Waals surface area contributed by atoms with Gasteiger partial charge in [-0.2, -0.15) is 0 Å². The molecule has 0 heterocycles. The van der Waals surface area contributed by atoms with E-state index in [0.29, 0.717) is 0 Å². The molecule has 0 saturated heterocycles. The molecule has 1 unspecified atom stereocenters. The number of carbonyl (C=O) groups excluding carboxylic acids is 1. The van der Waals surface area contributed by atoms with E-state index in [-0.39, 0.29) is 24.5 Å². The van der Waals surface area contributed by atoms with Gasteiger partial charge in [-0.3, -0.25) is 4.79 Å². The van der Waals surface area contributed by atoms with Crippen molar-refractivity contribution in [2.75, 3.05) is 25.2 Å². The molecule has 0 fully saturated rings. The lowest BCUT2D eigenvalue weighted by Crippen LogP contribution is -2.45. The average molecular weight is 313 g/mol. The number of sulfone groups is 1. The summed E-state index contributed by atoms with van der Waals surface area (Å²) in [5, 5.41) is 0. The molecule has 0 amide bonds. The van der Waals surface area contributed by atoms with E-state index in [1.807, 2.05) is 25.1 Å². The Morgan fingerprint density at radius 3 is 2.43 bits per heavy atom. The molecular formula is C15H23NO4S. The lowest BCUT2D eigenvalue weighted by atomic mass is 9.76. The number of ether oxygens (including phenoxy) is 1. The number of rotatable bonds is 7. The molecule has 1 rings (SSSR count). The molecule has 0 aromatic heterocycles. The van der Waals surface area contributed by atoms with Gasteiger partial charge in [-0.25, -0.2) is 8.42 Å². The average Bonchev–Trinajstić information content (AvgIpc) is 2.49. The van der Waals surface area contributed by atoms with E-state index in [0.717, 1.165) is 11.1 Å². The van der Waals surface area contributed by atoms with Gasteiger partial charge in [0.25, 0.3) is 0 Å². The minimum atomic E-state index is -3.19. The quantitative estimate of drug-likeness (QED) is 0.764. The fourth-order valence-electron chi connectivity index (χ4n) is 2.42. The molecular weight excluding hydrogens is 290 g/mol. The van der Waals surface area contributed by atoms with Crippen molar-refractivity contribution >= 4 is 15.8 Å². The number of aryl methyl sites for hydroxylation is 1. The normalized spacial score (nSPS) is 14.5. The van der Waals surface area contributed by atoms with Crippen molar-refractivity contribution in [1.82, 2.24) is 0 Å². The van der Waals surface area contributed by atoms with Gasteiger partial charge >= 0.3 is 5.97 Å². The lowest BCUT2D eigenvalue weighted by molar-refractivity contribution is -0.147. The van der Waals surface area contributed by atoms with Crippen LogP contribution in [0.5, 0.6) is 0 Å². The van der Waals surface area contributed by atoms with E-state index in [4.69, 9.17) is 10.5 Å². The molecule has 0 aliphatic rings. The van der Waals surface area contributed by atoms with Crippen molar-refractivity contribution in [1.29, 1.82) is 0 Å². The Balaban J connectivity index is 3.30. The van der Waals surface area contributed by atoms with Gasteiger partial charge in [0.05, 0.1) is 12.9 Å². The Bertz CT molecular complexity index is 597. The largest absolute Gasteiger partial charge is 0.468 e. The summed E-state index contributed by atoms with van der Waals surface area (Å²) in [5.74, 6) is -0.544. The maximum atomic E-state index is 12.3. The molecule has 6 heteroatoms. The van der Waals surface area contributed by atoms with E-state index in [9.17, 15) is 13.2 Å². The van der Waals surface area contributed by atoms with Gasteiger partial charge in [0.2, 0.25) is 0 Å². The van der Waals surface area contributed by atoms with Crippen LogP contribution in [0.25, 0.3) is 0 Å². The first-order valence-electron chi connectivity index (χ1n) is 6.88. The number of hydrogen-bond acceptors (Lipinski definition) is 5. The third kappa shape index (κ3) is 3.83. The van der Waals surface area contributed by atoms with E-state index in [1.165, 1.54) is 7.11 Å². The molecule has 0 aliphatic heterocycles. The fourth-order valence-corrected chi connectivity index (χ4v) is 3.37. The fraction of sp³-hybridized carbons (Fsp3) is 0.533. The molecule has 118 valence electrons. The molecule has 2 N–H and O–H groups in total. The minimum Gasteiger partial charge on any atom is -0.468 e. The molecule has 0 spiro atoms. The highest BCUT2D eigenvalue weighted by atomic mass is 32.2. The van der Waals surface area contributed by atoms with Crippen molar-refractivity contribution < 1.29 is 17.9 Å². The summed E-state index contributed by atoms with van der Waals surface area (Å²) in [7, 11) is -1.90. The summed E-state index contributed by atoms with van der Waals surface area (Å²) in [6.45, 7) is 3.46. The van der Waals surface area contributed by atoms with Crippen molar-refractivity contribution in [2.45, 2.75) is 25.7 Å². The maximum absolute atomic E-state index is 12.3. The number of methoxy groups -OCH3 is 1. The maximum Gasteiger partial charge on any atom is 0.317 e. The Labute approximate surface area is 126 Å². The van der Waals surface area contributed by atoms with Crippen LogP contribution in [0.1, 0.15) is 24.5 Å². The zero-order valence-corrected chi connectivity index (χ0v) is 13.6. The van der Waals surface area contributed by atoms with Crippen molar-refractivity contribution in [3.8, 4) is 0 Å². The third-order valence-corrected chi connectivity index (χ3v) is 5.57. The minimum absolute atomic E-state index is 0.00373. The van der Waals surface area contributed by atoms with Crippen molar-refractivity contribution in [3.63, 3.8) is 0 Å². The van der Waals surface area contributed by atoms with E-state index >= 15 is 0 Å². The number of hydrogen-bond donors (Lipinski definition) is 1. The van der Waals surface area contributed by atoms with Crippen LogP contribution in [-0.4, -0.2) is 39.5 Å². The van der Waals surface area contributed by atoms with Gasteiger partial charge in [-0.1, -0.05) is 31.2 Å². The summed E-state index contributed by atoms with van der Waals surface area (Å²) in [6.07, 6.45) is 0.122. The summed E-state index contributed by atoms with van der Waals surface area (Å²) < 4.78 is 28.5. The Kier molecular flexibility index (Phi) is 5.92. The second kappa shape index (κ2) is 7.04. The van der Waals surface area contributed by atoms with Gasteiger partial charge in [0, 0.05) is 12.3 Å². The number of esters is 1. The van der Waals surface area contributed by atoms with E-state index < -0.39 is 21.2 Å². The number of nitrogens with two attached hydrogens (primary N) is 1. The van der Waals surface area contributed by atoms with Crippen LogP contribution >= 0.6 is 0 Å². The standard InChI is InChI=1S/C15H23NO4S/c1-4-21(18,19)10-9-15(11-16,14(17)20-3)13-8-6-5-7-12(13)2/h5-8H,4,9-11,16H2,1-3H3. The number of benzene rings is 1. The van der Waals surface area contributed by atoms with Crippen molar-refractivity contribution in [2.24, 2.45) is 5.73 Å². The number of carbonyl (C=O) groups is 1. The molecule has 1 atom stereocenters. The molecule has 5 nitrogen and oxygen atoms in total. The highest BCUT2D eigenvalue weighted by Crippen LogP contribution is 2.31. The predicted molar refractivity (Wildman–Crippen MR) is 82.9 cm³/mol. The van der Waals surface area contributed by atoms with Gasteiger partial charge in [0.15, 0.2) is 0 Å². The molecule has 1 aromatic rings. The second-order valence-corrected chi connectivity index (χ2v) is 7.55. The van der Waals surface area contributed by atoms with Crippen LogP contribution in [0.2, 0.25) is 0 Å². The zero-order valence-electron chi connectivity index (χ0n) is 12.8. The second-order valence-electron chi connectivity index (χ2n) is 5.08. The molecule has 0 aliphatic carbocycles. The molecule has 0 saturated carbocycles. The first-order valence-corrected chi connectivity index (χ1v) is 8.70. The van der Waals surface area contributed by atoms with Gasteiger partial charge in [-0.15, -0.1) is 0 Å². The highest BCUT2D eigenvalue weighted by Gasteiger charge is 2.41. The van der Waals surface area contributed by atoms with Crippen LogP contribution in [0.4, 0.5) is 0 Å². The molecule has 1 aromatic carbocycles. The first-order chi connectivity index (χ1) is 9.83. The smallest absolute Gasteiger partial charge is 0.317 e. The molecule has 0 radical (unpaired) electrons. The van der Waals surface area contributed by atoms with Crippen LogP contribution in [0.3, 0.4) is 0 Å². The van der Waals surface area contributed by atoms with Gasteiger partial charge in [0.1, 0.15) is 15.3 Å². The van der Waals surface area contributed by atoms with Crippen LogP contribution in [-0.2, 0) is 24.8 Å². The summed E-state index contributed by atoms with van der Waals surface area (Å²) in [5.41, 5.74) is 6.36. The zero-order chi connectivity index (χ0) is 16.1. The summed E-state index contributed by atoms with van der Waals surface area (Å²) >= 11 is 0. The monoisotopic (exact) mass is 313 g/mol. The molecule has 0 bridgehead atoms. The summed E-state index contributed by atoms with van der Waals surface area (Å²) in [4.78, 5) is 12.3. The Morgan fingerprint density at radius 1 is 1.33 bits per heavy atom. The highest BCUT2D eigenvalue weighted by molar-refractivity contribution is 7.91. The third-order valence-electron chi connectivity index (χ3n) is 3.86. The Morgan fingerprint density at radius 2 is 1.95 bits per heavy atom. The van der Waals surface area contributed by atoms with Crippen LogP contribution in [0.15, 0.2) is 24.3 Å². The lowest BCUT2D eigenvalue weighted by Gasteiger charge is -2.31. The van der Waals surface area contributed by atoms with Gasteiger partial charge in [-0.05, 0) is 24.5 Å². The van der Waals surface area contributed by atoms with E-state index in [1.54, 1.807) is 13.0 Å². The van der Waals surface area contributed by atoms with Crippen LogP contribution < -0.4 is 5.73 Å². The first kappa shape index (κ1) is 17.7. The summed E-state index contributed by atoms with van der Waals surface area (Å²) in [6, 6.07) is 7.35. The van der Waals surface area contributed by atoms with E-state index in [2.05, 4.69) is 0 Å². The molecule has 21 heavy (non-hydrogen) atoms. The van der Waals surface area contributed by atoms with Gasteiger partial charge < -0.3 is 10.5 Å². The predicted octanol–water partition coefficient (Wildman–Crippen LogP) is 1.19. The topological polar surface area (TPSA) is 86.5 Å². The Hall–Kier alpha value is -1.40. The van der Waals surface area contributed by atoms with Crippen LogP contribution in [0, 0.1) is 6.92 Å².